The van der Waals surface area contributed by atoms with Crippen molar-refractivity contribution >= 4 is 0 Å². The van der Waals surface area contributed by atoms with E-state index in [2.05, 4.69) is 48.2 Å². The fourth-order valence-electron chi connectivity index (χ4n) is 2.18. The second-order valence-electron chi connectivity index (χ2n) is 5.62. The van der Waals surface area contributed by atoms with Gasteiger partial charge in [0.2, 0.25) is 0 Å². The average molecular weight is 236 g/mol. The lowest BCUT2D eigenvalue weighted by atomic mass is 9.95. The molecule has 2 unspecified atom stereocenters. The molecule has 0 amide bonds. The minimum atomic E-state index is 0.350. The first-order valence-corrected chi connectivity index (χ1v) is 6.59. The molecular formula is C13H24N4. The van der Waals surface area contributed by atoms with Crippen LogP contribution in [0.1, 0.15) is 51.8 Å². The predicted molar refractivity (Wildman–Crippen MR) is 69.4 cm³/mol. The number of hydrogen-bond donors (Lipinski definition) is 2. The zero-order chi connectivity index (χ0) is 12.5. The van der Waals surface area contributed by atoms with E-state index in [1.807, 2.05) is 0 Å². The number of nitrogens with one attached hydrogen (secondary N) is 1. The van der Waals surface area contributed by atoms with E-state index >= 15 is 0 Å². The van der Waals surface area contributed by atoms with E-state index in [1.165, 1.54) is 12.8 Å². The SMILES string of the molecule is CCC(C)n1ccc(CC(NN)C2(C)CC2)n1. The summed E-state index contributed by atoms with van der Waals surface area (Å²) in [6.07, 6.45) is 6.65. The summed E-state index contributed by atoms with van der Waals surface area (Å²) >= 11 is 0. The number of nitrogens with two attached hydrogens (primary N) is 1. The van der Waals surface area contributed by atoms with Crippen molar-refractivity contribution in [2.45, 2.75) is 58.5 Å². The van der Waals surface area contributed by atoms with Crippen molar-refractivity contribution in [3.63, 3.8) is 0 Å². The minimum absolute atomic E-state index is 0.350. The lowest BCUT2D eigenvalue weighted by Gasteiger charge is -2.21. The molecule has 0 spiro atoms. The van der Waals surface area contributed by atoms with Crippen LogP contribution >= 0.6 is 0 Å². The van der Waals surface area contributed by atoms with Crippen LogP contribution in [0.15, 0.2) is 12.3 Å². The van der Waals surface area contributed by atoms with Crippen molar-refractivity contribution in [2.75, 3.05) is 0 Å². The van der Waals surface area contributed by atoms with Crippen molar-refractivity contribution in [2.24, 2.45) is 11.3 Å². The molecule has 4 nitrogen and oxygen atoms in total. The molecule has 2 rings (SSSR count). The van der Waals surface area contributed by atoms with Crippen LogP contribution in [-0.2, 0) is 6.42 Å². The van der Waals surface area contributed by atoms with Crippen molar-refractivity contribution < 1.29 is 0 Å². The van der Waals surface area contributed by atoms with E-state index < -0.39 is 0 Å². The first-order chi connectivity index (χ1) is 8.09. The Morgan fingerprint density at radius 2 is 2.29 bits per heavy atom. The minimum Gasteiger partial charge on any atom is -0.271 e. The Morgan fingerprint density at radius 1 is 1.59 bits per heavy atom. The van der Waals surface area contributed by atoms with Crippen molar-refractivity contribution in [3.05, 3.63) is 18.0 Å². The first kappa shape index (κ1) is 12.6. The van der Waals surface area contributed by atoms with Crippen LogP contribution in [0.3, 0.4) is 0 Å². The van der Waals surface area contributed by atoms with Crippen LogP contribution in [0, 0.1) is 5.41 Å². The summed E-state index contributed by atoms with van der Waals surface area (Å²) in [4.78, 5) is 0. The topological polar surface area (TPSA) is 55.9 Å². The first-order valence-electron chi connectivity index (χ1n) is 6.59. The van der Waals surface area contributed by atoms with E-state index in [-0.39, 0.29) is 0 Å². The van der Waals surface area contributed by atoms with Crippen LogP contribution in [0.4, 0.5) is 0 Å². The highest BCUT2D eigenvalue weighted by Crippen LogP contribution is 2.48. The Labute approximate surface area is 104 Å². The van der Waals surface area contributed by atoms with Gasteiger partial charge >= 0.3 is 0 Å². The van der Waals surface area contributed by atoms with Gasteiger partial charge in [-0.05, 0) is 37.7 Å². The van der Waals surface area contributed by atoms with E-state index in [0.717, 1.165) is 18.5 Å². The molecule has 0 aliphatic heterocycles. The van der Waals surface area contributed by atoms with Gasteiger partial charge in [0.05, 0.1) is 5.69 Å². The molecule has 2 atom stereocenters. The van der Waals surface area contributed by atoms with Gasteiger partial charge in [-0.3, -0.25) is 16.0 Å². The normalized spacial score (nSPS) is 21.2. The predicted octanol–water partition coefficient (Wildman–Crippen LogP) is 2.03. The Hall–Kier alpha value is -0.870. The van der Waals surface area contributed by atoms with Gasteiger partial charge in [-0.2, -0.15) is 5.10 Å². The van der Waals surface area contributed by atoms with Gasteiger partial charge in [0.1, 0.15) is 0 Å². The molecule has 1 aromatic rings. The third-order valence-electron chi connectivity index (χ3n) is 4.20. The molecule has 1 saturated carbocycles. The summed E-state index contributed by atoms with van der Waals surface area (Å²) in [6.45, 7) is 6.67. The fraction of sp³-hybridized carbons (Fsp3) is 0.769. The van der Waals surface area contributed by atoms with Gasteiger partial charge in [0.25, 0.3) is 0 Å². The third-order valence-corrected chi connectivity index (χ3v) is 4.20. The lowest BCUT2D eigenvalue weighted by molar-refractivity contribution is 0.354. The molecule has 0 bridgehead atoms. The summed E-state index contributed by atoms with van der Waals surface area (Å²) in [7, 11) is 0. The number of hydrogen-bond acceptors (Lipinski definition) is 3. The third kappa shape index (κ3) is 2.69. The van der Waals surface area contributed by atoms with Crippen LogP contribution in [-0.4, -0.2) is 15.8 Å². The molecule has 1 aromatic heterocycles. The summed E-state index contributed by atoms with van der Waals surface area (Å²) in [5.74, 6) is 5.65. The average Bonchev–Trinajstić information content (AvgIpc) is 2.92. The molecule has 1 heterocycles. The second-order valence-corrected chi connectivity index (χ2v) is 5.62. The number of nitrogens with zero attached hydrogens (tertiary/aromatic N) is 2. The molecule has 1 aliphatic rings. The smallest absolute Gasteiger partial charge is 0.0640 e. The van der Waals surface area contributed by atoms with Crippen LogP contribution < -0.4 is 11.3 Å². The molecule has 3 N–H and O–H groups in total. The van der Waals surface area contributed by atoms with Crippen molar-refractivity contribution in [3.8, 4) is 0 Å². The number of hydrazine groups is 1. The molecule has 0 aromatic carbocycles. The lowest BCUT2D eigenvalue weighted by Crippen LogP contribution is -2.42. The van der Waals surface area contributed by atoms with E-state index in [0.29, 0.717) is 17.5 Å². The summed E-state index contributed by atoms with van der Waals surface area (Å²) in [6, 6.07) is 2.94. The maximum Gasteiger partial charge on any atom is 0.0640 e. The van der Waals surface area contributed by atoms with E-state index in [1.54, 1.807) is 0 Å². The van der Waals surface area contributed by atoms with Gasteiger partial charge in [0.15, 0.2) is 0 Å². The Kier molecular flexibility index (Phi) is 3.54. The summed E-state index contributed by atoms with van der Waals surface area (Å²) < 4.78 is 2.05. The number of rotatable bonds is 6. The second kappa shape index (κ2) is 4.78. The number of aromatic nitrogens is 2. The molecule has 4 heteroatoms. The fourth-order valence-corrected chi connectivity index (χ4v) is 2.18. The summed E-state index contributed by atoms with van der Waals surface area (Å²) in [5, 5.41) is 4.63. The maximum atomic E-state index is 5.65. The van der Waals surface area contributed by atoms with Crippen molar-refractivity contribution in [1.29, 1.82) is 0 Å². The Morgan fingerprint density at radius 3 is 2.82 bits per heavy atom. The van der Waals surface area contributed by atoms with Gasteiger partial charge in [0, 0.05) is 24.7 Å². The molecular weight excluding hydrogens is 212 g/mol. The standard InChI is InChI=1S/C13H24N4/c1-4-10(2)17-8-5-11(16-17)9-12(15-14)13(3)6-7-13/h5,8,10,12,15H,4,6-7,9,14H2,1-3H3. The van der Waals surface area contributed by atoms with Gasteiger partial charge in [-0.25, -0.2) is 0 Å². The highest BCUT2D eigenvalue weighted by atomic mass is 15.3. The Balaban J connectivity index is 2.00. The largest absolute Gasteiger partial charge is 0.271 e. The highest BCUT2D eigenvalue weighted by Gasteiger charge is 2.44. The van der Waals surface area contributed by atoms with Gasteiger partial charge in [-0.15, -0.1) is 0 Å². The zero-order valence-electron chi connectivity index (χ0n) is 11.1. The molecule has 0 radical (unpaired) electrons. The molecule has 17 heavy (non-hydrogen) atoms. The van der Waals surface area contributed by atoms with Gasteiger partial charge < -0.3 is 0 Å². The zero-order valence-corrected chi connectivity index (χ0v) is 11.1. The molecule has 0 saturated heterocycles. The highest BCUT2D eigenvalue weighted by molar-refractivity contribution is 5.08. The van der Waals surface area contributed by atoms with Gasteiger partial charge in [-0.1, -0.05) is 13.8 Å². The van der Waals surface area contributed by atoms with Crippen molar-refractivity contribution in [1.82, 2.24) is 15.2 Å². The van der Waals surface area contributed by atoms with Crippen LogP contribution in [0.25, 0.3) is 0 Å². The van der Waals surface area contributed by atoms with E-state index in [9.17, 15) is 0 Å². The Bertz CT molecular complexity index is 367. The maximum absolute atomic E-state index is 5.65. The van der Waals surface area contributed by atoms with E-state index in [4.69, 9.17) is 5.84 Å². The summed E-state index contributed by atoms with van der Waals surface area (Å²) in [5.41, 5.74) is 4.48. The van der Waals surface area contributed by atoms with Crippen LogP contribution in [0.5, 0.6) is 0 Å². The monoisotopic (exact) mass is 236 g/mol. The molecule has 96 valence electrons. The molecule has 1 aliphatic carbocycles. The quantitative estimate of drug-likeness (QED) is 0.587. The molecule has 1 fully saturated rings. The van der Waals surface area contributed by atoms with Crippen LogP contribution in [0.2, 0.25) is 0 Å².